The van der Waals surface area contributed by atoms with Crippen LogP contribution in [0.1, 0.15) is 122 Å². The van der Waals surface area contributed by atoms with Crippen molar-refractivity contribution in [1.82, 2.24) is 20.4 Å². The van der Waals surface area contributed by atoms with Gasteiger partial charge in [-0.2, -0.15) is 0 Å². The van der Waals surface area contributed by atoms with E-state index in [1.165, 1.54) is 129 Å². The molecule has 8 heterocycles. The van der Waals surface area contributed by atoms with Gasteiger partial charge in [0.25, 0.3) is 0 Å². The molecule has 0 spiro atoms. The van der Waals surface area contributed by atoms with E-state index in [2.05, 4.69) is 20.4 Å². The minimum atomic E-state index is 0.787. The highest BCUT2D eigenvalue weighted by Crippen LogP contribution is 2.55. The molecule has 0 aromatic heterocycles. The molecule has 4 saturated carbocycles. The second-order valence-corrected chi connectivity index (χ2v) is 16.0. The maximum absolute atomic E-state index is 4.37. The lowest BCUT2D eigenvalue weighted by atomic mass is 9.73. The first-order chi connectivity index (χ1) is 18.8. The Kier molecular flexibility index (Phi) is 6.24. The number of rotatable bonds is 0. The molecule has 12 fully saturated rings. The van der Waals surface area contributed by atoms with Crippen LogP contribution in [0.4, 0.5) is 0 Å². The zero-order valence-corrected chi connectivity index (χ0v) is 24.1. The average molecular weight is 521 g/mol. The fourth-order valence-electron chi connectivity index (χ4n) is 13.3. The molecule has 4 aliphatic carbocycles. The molecule has 2 N–H and O–H groups in total. The van der Waals surface area contributed by atoms with Crippen LogP contribution in [0.25, 0.3) is 0 Å². The van der Waals surface area contributed by atoms with Gasteiger partial charge in [0.15, 0.2) is 0 Å². The van der Waals surface area contributed by atoms with Gasteiger partial charge in [0.1, 0.15) is 0 Å². The SMILES string of the molecule is C1CC2NC(C1)C1CCC(CC1)N1C3CCCCC3C3NCC4C5CCCCC5N(C5CCC2CC5)C4C31. The van der Waals surface area contributed by atoms with Gasteiger partial charge in [-0.3, -0.25) is 9.80 Å². The van der Waals surface area contributed by atoms with Crippen LogP contribution in [-0.2, 0) is 0 Å². The van der Waals surface area contributed by atoms with E-state index in [4.69, 9.17) is 0 Å². The summed E-state index contributed by atoms with van der Waals surface area (Å²) >= 11 is 0. The first-order valence-corrected chi connectivity index (χ1v) is 17.9. The van der Waals surface area contributed by atoms with Crippen LogP contribution in [0.15, 0.2) is 0 Å². The average Bonchev–Trinajstić information content (AvgIpc) is 3.50. The van der Waals surface area contributed by atoms with Crippen molar-refractivity contribution < 1.29 is 0 Å². The lowest BCUT2D eigenvalue weighted by Crippen LogP contribution is -2.66. The summed E-state index contributed by atoms with van der Waals surface area (Å²) in [5.41, 5.74) is 0. The number of hydrogen-bond acceptors (Lipinski definition) is 4. The Labute approximate surface area is 232 Å². The topological polar surface area (TPSA) is 30.5 Å². The van der Waals surface area contributed by atoms with Gasteiger partial charge >= 0.3 is 0 Å². The summed E-state index contributed by atoms with van der Waals surface area (Å²) in [6.45, 7) is 1.34. The van der Waals surface area contributed by atoms with Crippen molar-refractivity contribution in [3.05, 3.63) is 0 Å². The number of fused-ring (bicyclic) bond motifs is 4. The molecule has 0 radical (unpaired) electrons. The highest BCUT2D eigenvalue weighted by Gasteiger charge is 2.64. The van der Waals surface area contributed by atoms with Crippen molar-refractivity contribution in [1.29, 1.82) is 0 Å². The summed E-state index contributed by atoms with van der Waals surface area (Å²) in [6, 6.07) is 7.69. The van der Waals surface area contributed by atoms with Crippen molar-refractivity contribution in [2.24, 2.45) is 29.6 Å². The van der Waals surface area contributed by atoms with E-state index < -0.39 is 0 Å². The fourth-order valence-corrected chi connectivity index (χ4v) is 13.3. The predicted octanol–water partition coefficient (Wildman–Crippen LogP) is 5.70. The summed E-state index contributed by atoms with van der Waals surface area (Å²) in [4.78, 5) is 6.66. The van der Waals surface area contributed by atoms with Crippen LogP contribution in [0.5, 0.6) is 0 Å². The Morgan fingerprint density at radius 3 is 1.66 bits per heavy atom. The van der Waals surface area contributed by atoms with Gasteiger partial charge in [-0.25, -0.2) is 0 Å². The summed E-state index contributed by atoms with van der Waals surface area (Å²) in [5.74, 6) is 4.77. The molecule has 0 aromatic carbocycles. The minimum absolute atomic E-state index is 0.787. The van der Waals surface area contributed by atoms with Gasteiger partial charge in [-0.1, -0.05) is 32.1 Å². The first kappa shape index (κ1) is 24.4. The molecule has 12 aliphatic rings. The van der Waals surface area contributed by atoms with Crippen LogP contribution in [0.2, 0.25) is 0 Å². The molecule has 8 saturated heterocycles. The summed E-state index contributed by atoms with van der Waals surface area (Å²) in [7, 11) is 0. The molecule has 38 heavy (non-hydrogen) atoms. The van der Waals surface area contributed by atoms with Crippen molar-refractivity contribution in [2.75, 3.05) is 6.54 Å². The second-order valence-electron chi connectivity index (χ2n) is 16.0. The second kappa shape index (κ2) is 9.70. The third kappa shape index (κ3) is 3.67. The molecule has 4 heteroatoms. The van der Waals surface area contributed by atoms with Crippen LogP contribution in [0, 0.1) is 29.6 Å². The number of nitrogens with one attached hydrogen (secondary N) is 2. The summed E-state index contributed by atoms with van der Waals surface area (Å²) in [5, 5.41) is 8.71. The first-order valence-electron chi connectivity index (χ1n) is 17.9. The number of hydrogen-bond donors (Lipinski definition) is 2. The molecule has 0 amide bonds. The van der Waals surface area contributed by atoms with Crippen LogP contribution in [0.3, 0.4) is 0 Å². The fraction of sp³-hybridized carbons (Fsp3) is 1.00. The van der Waals surface area contributed by atoms with Crippen LogP contribution < -0.4 is 10.6 Å². The Hall–Kier alpha value is -0.160. The van der Waals surface area contributed by atoms with Crippen molar-refractivity contribution in [2.45, 2.75) is 176 Å². The van der Waals surface area contributed by atoms with Crippen LogP contribution >= 0.6 is 0 Å². The number of piperidine rings is 2. The minimum Gasteiger partial charge on any atom is -0.312 e. The van der Waals surface area contributed by atoms with Gasteiger partial charge in [0.05, 0.1) is 0 Å². The molecule has 0 aromatic rings. The normalized spacial score (nSPS) is 56.5. The zero-order valence-electron chi connectivity index (χ0n) is 24.1. The van der Waals surface area contributed by atoms with Crippen molar-refractivity contribution >= 4 is 0 Å². The predicted molar refractivity (Wildman–Crippen MR) is 154 cm³/mol. The maximum atomic E-state index is 4.37. The Morgan fingerprint density at radius 1 is 0.447 bits per heavy atom. The molecule has 12 rings (SSSR count). The third-order valence-corrected chi connectivity index (χ3v) is 14.7. The van der Waals surface area contributed by atoms with Gasteiger partial charge in [0.2, 0.25) is 0 Å². The summed E-state index contributed by atoms with van der Waals surface area (Å²) in [6.07, 6.45) is 28.5. The summed E-state index contributed by atoms with van der Waals surface area (Å²) < 4.78 is 0. The lowest BCUT2D eigenvalue weighted by molar-refractivity contribution is -0.0166. The Balaban J connectivity index is 1.13. The highest BCUT2D eigenvalue weighted by molar-refractivity contribution is 5.20. The van der Waals surface area contributed by atoms with Gasteiger partial charge in [-0.15, -0.1) is 0 Å². The third-order valence-electron chi connectivity index (χ3n) is 14.7. The van der Waals surface area contributed by atoms with E-state index in [1.54, 1.807) is 0 Å². The Bertz CT molecular complexity index is 793. The van der Waals surface area contributed by atoms with Crippen molar-refractivity contribution in [3.63, 3.8) is 0 Å². The lowest BCUT2D eigenvalue weighted by Gasteiger charge is -2.51. The smallest absolute Gasteiger partial charge is 0.0417 e. The van der Waals surface area contributed by atoms with Gasteiger partial charge < -0.3 is 10.6 Å². The van der Waals surface area contributed by atoms with Gasteiger partial charge in [0, 0.05) is 60.9 Å². The van der Waals surface area contributed by atoms with Crippen LogP contribution in [-0.4, -0.2) is 70.7 Å². The van der Waals surface area contributed by atoms with Gasteiger partial charge in [-0.05, 0) is 119 Å². The molecule has 8 aliphatic heterocycles. The quantitative estimate of drug-likeness (QED) is 0.429. The van der Waals surface area contributed by atoms with E-state index in [0.717, 1.165) is 84.0 Å². The van der Waals surface area contributed by atoms with E-state index in [0.29, 0.717) is 0 Å². The van der Waals surface area contributed by atoms with E-state index in [9.17, 15) is 0 Å². The van der Waals surface area contributed by atoms with E-state index >= 15 is 0 Å². The maximum Gasteiger partial charge on any atom is 0.0417 e. The Morgan fingerprint density at radius 2 is 1.00 bits per heavy atom. The number of nitrogens with zero attached hydrogens (tertiary/aromatic N) is 2. The zero-order chi connectivity index (χ0) is 24.8. The standard InChI is InChI=1S/C34H56N4/c1-3-10-30-25(6-1)27-20-35-32-26-7-2-4-11-31(26)38-24-18-14-22(15-19-24)29-9-5-8-28(36-29)21-12-16-23(17-13-21)37(30)33(27)34(32)38/h21-36H,1-20H2. The molecule has 10 atom stereocenters. The van der Waals surface area contributed by atoms with E-state index in [-0.39, 0.29) is 0 Å². The molecule has 4 nitrogen and oxygen atoms in total. The molecule has 6 bridgehead atoms. The highest BCUT2D eigenvalue weighted by atomic mass is 15.4. The van der Waals surface area contributed by atoms with Crippen molar-refractivity contribution in [3.8, 4) is 0 Å². The molecule has 212 valence electrons. The van der Waals surface area contributed by atoms with E-state index in [1.807, 2.05) is 0 Å². The largest absolute Gasteiger partial charge is 0.312 e. The molecular weight excluding hydrogens is 464 g/mol. The monoisotopic (exact) mass is 520 g/mol. The molecular formula is C34H56N4. The molecule has 10 unspecified atom stereocenters.